The van der Waals surface area contributed by atoms with E-state index in [0.29, 0.717) is 30.5 Å². The Morgan fingerprint density at radius 3 is 2.27 bits per heavy atom. The zero-order chi connectivity index (χ0) is 19.6. The van der Waals surface area contributed by atoms with Crippen molar-refractivity contribution in [3.63, 3.8) is 0 Å². The number of rotatable bonds is 9. The molecular weight excluding hydrogens is 352 g/mol. The number of sulfone groups is 1. The molecule has 1 aromatic rings. The summed E-state index contributed by atoms with van der Waals surface area (Å²) in [5.41, 5.74) is 0. The van der Waals surface area contributed by atoms with Gasteiger partial charge in [-0.1, -0.05) is 18.2 Å². The van der Waals surface area contributed by atoms with E-state index in [0.717, 1.165) is 0 Å². The van der Waals surface area contributed by atoms with Crippen LogP contribution in [-0.2, 0) is 14.6 Å². The van der Waals surface area contributed by atoms with E-state index in [1.54, 1.807) is 47.2 Å². The van der Waals surface area contributed by atoms with E-state index in [-0.39, 0.29) is 24.7 Å². The SMILES string of the molecule is CCNC(=NCCS(=O)(=O)c1ccccc1)N(C)CC(=O)N(CC)CC. The number of carbonyl (C=O) groups is 1. The third kappa shape index (κ3) is 6.67. The summed E-state index contributed by atoms with van der Waals surface area (Å²) in [6.45, 7) is 8.08. The van der Waals surface area contributed by atoms with Crippen molar-refractivity contribution in [3.8, 4) is 0 Å². The first-order valence-electron chi connectivity index (χ1n) is 8.90. The van der Waals surface area contributed by atoms with Gasteiger partial charge in [0.15, 0.2) is 15.8 Å². The van der Waals surface area contributed by atoms with E-state index < -0.39 is 9.84 Å². The maximum Gasteiger partial charge on any atom is 0.242 e. The summed E-state index contributed by atoms with van der Waals surface area (Å²) in [6.07, 6.45) is 0. The number of benzene rings is 1. The zero-order valence-corrected chi connectivity index (χ0v) is 16.9. The van der Waals surface area contributed by atoms with Gasteiger partial charge in [-0.3, -0.25) is 9.79 Å². The van der Waals surface area contributed by atoms with Gasteiger partial charge < -0.3 is 15.1 Å². The summed E-state index contributed by atoms with van der Waals surface area (Å²) in [5, 5.41) is 3.10. The van der Waals surface area contributed by atoms with Crippen molar-refractivity contribution >= 4 is 21.7 Å². The molecule has 1 aromatic carbocycles. The average molecular weight is 383 g/mol. The van der Waals surface area contributed by atoms with Crippen molar-refractivity contribution < 1.29 is 13.2 Å². The molecule has 7 nitrogen and oxygen atoms in total. The highest BCUT2D eigenvalue weighted by Crippen LogP contribution is 2.09. The highest BCUT2D eigenvalue weighted by molar-refractivity contribution is 7.91. The highest BCUT2D eigenvalue weighted by Gasteiger charge is 2.16. The topological polar surface area (TPSA) is 82.1 Å². The van der Waals surface area contributed by atoms with Crippen LogP contribution < -0.4 is 5.32 Å². The minimum Gasteiger partial charge on any atom is -0.357 e. The van der Waals surface area contributed by atoms with Crippen molar-refractivity contribution in [1.29, 1.82) is 0 Å². The molecule has 1 amide bonds. The summed E-state index contributed by atoms with van der Waals surface area (Å²) in [5.74, 6) is 0.459. The molecule has 146 valence electrons. The predicted molar refractivity (Wildman–Crippen MR) is 105 cm³/mol. The van der Waals surface area contributed by atoms with Crippen LogP contribution in [0.5, 0.6) is 0 Å². The van der Waals surface area contributed by atoms with Gasteiger partial charge in [0, 0.05) is 26.7 Å². The van der Waals surface area contributed by atoms with E-state index in [9.17, 15) is 13.2 Å². The number of carbonyl (C=O) groups excluding carboxylic acids is 1. The summed E-state index contributed by atoms with van der Waals surface area (Å²) >= 11 is 0. The molecule has 0 unspecified atom stereocenters. The number of likely N-dealkylation sites (N-methyl/N-ethyl adjacent to an activating group) is 2. The summed E-state index contributed by atoms with van der Waals surface area (Å²) in [4.78, 5) is 20.4. The lowest BCUT2D eigenvalue weighted by Crippen LogP contribution is -2.45. The number of amides is 1. The van der Waals surface area contributed by atoms with Crippen LogP contribution in [0.15, 0.2) is 40.2 Å². The van der Waals surface area contributed by atoms with Crippen LogP contribution in [0, 0.1) is 0 Å². The van der Waals surface area contributed by atoms with E-state index >= 15 is 0 Å². The van der Waals surface area contributed by atoms with Crippen molar-refractivity contribution in [2.75, 3.05) is 45.5 Å². The number of nitrogens with zero attached hydrogens (tertiary/aromatic N) is 3. The molecule has 0 aliphatic carbocycles. The molecule has 1 rings (SSSR count). The van der Waals surface area contributed by atoms with Gasteiger partial charge in [-0.2, -0.15) is 0 Å². The van der Waals surface area contributed by atoms with Gasteiger partial charge in [0.2, 0.25) is 5.91 Å². The zero-order valence-electron chi connectivity index (χ0n) is 16.1. The van der Waals surface area contributed by atoms with Crippen molar-refractivity contribution in [2.45, 2.75) is 25.7 Å². The fraction of sp³-hybridized carbons (Fsp3) is 0.556. The Morgan fingerprint density at radius 2 is 1.73 bits per heavy atom. The molecule has 0 spiro atoms. The molecular formula is C18H30N4O3S. The molecule has 0 saturated carbocycles. The van der Waals surface area contributed by atoms with Crippen LogP contribution in [0.25, 0.3) is 0 Å². The molecule has 0 bridgehead atoms. The monoisotopic (exact) mass is 382 g/mol. The second kappa shape index (κ2) is 10.8. The van der Waals surface area contributed by atoms with Gasteiger partial charge >= 0.3 is 0 Å². The number of hydrogen-bond donors (Lipinski definition) is 1. The van der Waals surface area contributed by atoms with Crippen LogP contribution in [0.1, 0.15) is 20.8 Å². The lowest BCUT2D eigenvalue weighted by atomic mass is 10.4. The molecule has 0 aliphatic heterocycles. The van der Waals surface area contributed by atoms with Gasteiger partial charge in [0.25, 0.3) is 0 Å². The van der Waals surface area contributed by atoms with Crippen LogP contribution >= 0.6 is 0 Å². The second-order valence-electron chi connectivity index (χ2n) is 5.79. The van der Waals surface area contributed by atoms with Crippen LogP contribution in [-0.4, -0.2) is 75.6 Å². The number of hydrogen-bond acceptors (Lipinski definition) is 4. The normalized spacial score (nSPS) is 11.9. The quantitative estimate of drug-likeness (QED) is 0.513. The molecule has 0 atom stereocenters. The number of nitrogens with one attached hydrogen (secondary N) is 1. The standard InChI is InChI=1S/C18H30N4O3S/c1-5-19-18(21(4)15-17(23)22(6-2)7-3)20-13-14-26(24,25)16-11-9-8-10-12-16/h8-12H,5-7,13-15H2,1-4H3,(H,19,20). The Labute approximate surface area is 157 Å². The molecule has 0 aliphatic rings. The molecule has 0 heterocycles. The minimum atomic E-state index is -3.37. The van der Waals surface area contributed by atoms with Gasteiger partial charge in [-0.05, 0) is 32.9 Å². The third-order valence-corrected chi connectivity index (χ3v) is 5.62. The van der Waals surface area contributed by atoms with E-state index in [1.807, 2.05) is 20.8 Å². The summed E-state index contributed by atoms with van der Waals surface area (Å²) < 4.78 is 24.6. The first-order chi connectivity index (χ1) is 12.4. The van der Waals surface area contributed by atoms with E-state index in [4.69, 9.17) is 0 Å². The third-order valence-electron chi connectivity index (χ3n) is 3.91. The van der Waals surface area contributed by atoms with Crippen molar-refractivity contribution in [2.24, 2.45) is 4.99 Å². The lowest BCUT2D eigenvalue weighted by Gasteiger charge is -2.25. The van der Waals surface area contributed by atoms with Gasteiger partial charge in [-0.15, -0.1) is 0 Å². The van der Waals surface area contributed by atoms with Gasteiger partial charge in [0.05, 0.1) is 23.7 Å². The number of aliphatic imine (C=N–C) groups is 1. The Bertz CT molecular complexity index is 686. The maximum atomic E-state index is 12.3. The Hall–Kier alpha value is -2.09. The predicted octanol–water partition coefficient (Wildman–Crippen LogP) is 1.23. The lowest BCUT2D eigenvalue weighted by molar-refractivity contribution is -0.131. The minimum absolute atomic E-state index is 0.0139. The van der Waals surface area contributed by atoms with Crippen LogP contribution in [0.4, 0.5) is 0 Å². The second-order valence-corrected chi connectivity index (χ2v) is 7.90. The van der Waals surface area contributed by atoms with Crippen LogP contribution in [0.2, 0.25) is 0 Å². The van der Waals surface area contributed by atoms with E-state index in [1.165, 1.54) is 0 Å². The maximum absolute atomic E-state index is 12.3. The molecule has 1 N–H and O–H groups in total. The molecule has 0 aromatic heterocycles. The van der Waals surface area contributed by atoms with Gasteiger partial charge in [-0.25, -0.2) is 8.42 Å². The largest absolute Gasteiger partial charge is 0.357 e. The molecule has 0 fully saturated rings. The molecule has 26 heavy (non-hydrogen) atoms. The van der Waals surface area contributed by atoms with Gasteiger partial charge in [0.1, 0.15) is 0 Å². The van der Waals surface area contributed by atoms with E-state index in [2.05, 4.69) is 10.3 Å². The Balaban J connectivity index is 2.75. The Kier molecular flexibility index (Phi) is 9.12. The number of guanidine groups is 1. The first kappa shape index (κ1) is 22.0. The summed E-state index contributed by atoms with van der Waals surface area (Å²) in [6, 6.07) is 8.35. The summed E-state index contributed by atoms with van der Waals surface area (Å²) in [7, 11) is -1.60. The molecule has 8 heteroatoms. The smallest absolute Gasteiger partial charge is 0.242 e. The molecule has 0 radical (unpaired) electrons. The Morgan fingerprint density at radius 1 is 1.12 bits per heavy atom. The fourth-order valence-electron chi connectivity index (χ4n) is 2.44. The average Bonchev–Trinajstić information content (AvgIpc) is 2.62. The molecule has 0 saturated heterocycles. The first-order valence-corrected chi connectivity index (χ1v) is 10.6. The van der Waals surface area contributed by atoms with Crippen molar-refractivity contribution in [1.82, 2.24) is 15.1 Å². The fourth-order valence-corrected chi connectivity index (χ4v) is 3.58. The highest BCUT2D eigenvalue weighted by atomic mass is 32.2. The van der Waals surface area contributed by atoms with Crippen molar-refractivity contribution in [3.05, 3.63) is 30.3 Å². The van der Waals surface area contributed by atoms with Crippen LogP contribution in [0.3, 0.4) is 0 Å².